The number of amides is 1. The maximum Gasteiger partial charge on any atom is 0.293 e. The number of rotatable bonds is 10. The van der Waals surface area contributed by atoms with E-state index in [9.17, 15) is 23.3 Å². The molecule has 2 heterocycles. The SMILES string of the molecule is COC1CCC(CNc2ccc(S(=O)(=O)NC(=O)c3ccccc3Oc3cnc4[nH]ccc4c3)cc2[N+](=O)[O-])CC1. The van der Waals surface area contributed by atoms with Gasteiger partial charge in [-0.05, 0) is 68.0 Å². The first-order valence-corrected chi connectivity index (χ1v) is 14.5. The van der Waals surface area contributed by atoms with Crippen molar-refractivity contribution >= 4 is 38.3 Å². The molecule has 4 aromatic rings. The van der Waals surface area contributed by atoms with E-state index < -0.39 is 31.4 Å². The molecule has 5 rings (SSSR count). The second kappa shape index (κ2) is 11.9. The van der Waals surface area contributed by atoms with Crippen LogP contribution < -0.4 is 14.8 Å². The topological polar surface area (TPSA) is 166 Å². The van der Waals surface area contributed by atoms with Gasteiger partial charge in [0.2, 0.25) is 0 Å². The highest BCUT2D eigenvalue weighted by molar-refractivity contribution is 7.90. The molecule has 0 bridgehead atoms. The molecule has 0 spiro atoms. The number of nitro benzene ring substituents is 1. The molecule has 1 fully saturated rings. The minimum atomic E-state index is -4.45. The van der Waals surface area contributed by atoms with E-state index in [1.807, 2.05) is 10.8 Å². The predicted molar refractivity (Wildman–Crippen MR) is 152 cm³/mol. The van der Waals surface area contributed by atoms with Gasteiger partial charge in [0.25, 0.3) is 21.6 Å². The van der Waals surface area contributed by atoms with Gasteiger partial charge in [-0.1, -0.05) is 12.1 Å². The molecule has 0 radical (unpaired) electrons. The van der Waals surface area contributed by atoms with Crippen LogP contribution in [0.4, 0.5) is 11.4 Å². The largest absolute Gasteiger partial charge is 0.455 e. The minimum absolute atomic E-state index is 0.0405. The summed E-state index contributed by atoms with van der Waals surface area (Å²) in [6, 6.07) is 13.2. The zero-order valence-corrected chi connectivity index (χ0v) is 23.0. The van der Waals surface area contributed by atoms with Crippen LogP contribution in [0.2, 0.25) is 0 Å². The number of aromatic nitrogens is 2. The predicted octanol–water partition coefficient (Wildman–Crippen LogP) is 5.00. The molecule has 12 nitrogen and oxygen atoms in total. The Bertz CT molecular complexity index is 1680. The standard InChI is InChI=1S/C28H29N5O7S/c1-39-20-8-6-18(7-9-20)16-30-24-11-10-22(15-25(24)33(35)36)41(37,38)32-28(34)23-4-2-3-5-26(23)40-21-14-19-12-13-29-27(19)31-17-21/h2-5,10-15,17-18,20,30H,6-9,16H2,1H3,(H,29,31)(H,32,34). The number of nitrogens with zero attached hydrogens (tertiary/aromatic N) is 2. The third-order valence-corrected chi connectivity index (χ3v) is 8.47. The summed E-state index contributed by atoms with van der Waals surface area (Å²) >= 11 is 0. The van der Waals surface area contributed by atoms with E-state index in [1.165, 1.54) is 30.5 Å². The lowest BCUT2D eigenvalue weighted by Crippen LogP contribution is -2.31. The van der Waals surface area contributed by atoms with Gasteiger partial charge in [-0.25, -0.2) is 18.1 Å². The quantitative estimate of drug-likeness (QED) is 0.173. The number of H-pyrrole nitrogens is 1. The van der Waals surface area contributed by atoms with Crippen LogP contribution in [-0.4, -0.2) is 49.0 Å². The molecule has 0 aliphatic heterocycles. The van der Waals surface area contributed by atoms with E-state index >= 15 is 0 Å². The number of nitro groups is 1. The second-order valence-electron chi connectivity index (χ2n) is 9.81. The van der Waals surface area contributed by atoms with Crippen LogP contribution in [0.25, 0.3) is 11.0 Å². The Morgan fingerprint density at radius 2 is 1.90 bits per heavy atom. The Morgan fingerprint density at radius 1 is 1.12 bits per heavy atom. The molecule has 13 heteroatoms. The van der Waals surface area contributed by atoms with Crippen LogP contribution in [-0.2, 0) is 14.8 Å². The Balaban J connectivity index is 1.30. The zero-order valence-electron chi connectivity index (χ0n) is 22.2. The van der Waals surface area contributed by atoms with E-state index in [-0.39, 0.29) is 23.1 Å². The summed E-state index contributed by atoms with van der Waals surface area (Å²) in [7, 11) is -2.76. The molecule has 0 atom stereocenters. The maximum absolute atomic E-state index is 13.1. The van der Waals surface area contributed by atoms with Crippen molar-refractivity contribution in [2.45, 2.75) is 36.7 Å². The summed E-state index contributed by atoms with van der Waals surface area (Å²) in [5.74, 6) is -0.160. The maximum atomic E-state index is 13.1. The lowest BCUT2D eigenvalue weighted by Gasteiger charge is -2.27. The summed E-state index contributed by atoms with van der Waals surface area (Å²) < 4.78 is 39.5. The summed E-state index contributed by atoms with van der Waals surface area (Å²) in [5, 5.41) is 15.7. The third kappa shape index (κ3) is 6.47. The van der Waals surface area contributed by atoms with Gasteiger partial charge in [0.15, 0.2) is 0 Å². The number of ether oxygens (including phenoxy) is 2. The lowest BCUT2D eigenvalue weighted by atomic mass is 9.87. The number of hydrogen-bond donors (Lipinski definition) is 3. The highest BCUT2D eigenvalue weighted by Gasteiger charge is 2.26. The summed E-state index contributed by atoms with van der Waals surface area (Å²) in [4.78, 5) is 31.0. The number of aromatic amines is 1. The van der Waals surface area contributed by atoms with E-state index in [0.717, 1.165) is 37.1 Å². The minimum Gasteiger partial charge on any atom is -0.455 e. The van der Waals surface area contributed by atoms with Gasteiger partial charge in [0, 0.05) is 31.3 Å². The third-order valence-electron chi connectivity index (χ3n) is 7.15. The van der Waals surface area contributed by atoms with Crippen LogP contribution >= 0.6 is 0 Å². The lowest BCUT2D eigenvalue weighted by molar-refractivity contribution is -0.384. The highest BCUT2D eigenvalue weighted by Crippen LogP contribution is 2.31. The normalized spacial score (nSPS) is 17.2. The zero-order chi connectivity index (χ0) is 29.0. The monoisotopic (exact) mass is 579 g/mol. The van der Waals surface area contributed by atoms with Crippen molar-refractivity contribution < 1.29 is 27.6 Å². The van der Waals surface area contributed by atoms with Crippen molar-refractivity contribution in [3.63, 3.8) is 0 Å². The summed E-state index contributed by atoms with van der Waals surface area (Å²) in [6.45, 7) is 0.517. The van der Waals surface area contributed by atoms with Crippen molar-refractivity contribution in [2.24, 2.45) is 5.92 Å². The van der Waals surface area contributed by atoms with E-state index in [4.69, 9.17) is 9.47 Å². The molecular formula is C28H29N5O7S. The molecule has 0 saturated heterocycles. The van der Waals surface area contributed by atoms with Gasteiger partial charge < -0.3 is 19.8 Å². The molecule has 1 saturated carbocycles. The number of sulfonamides is 1. The fourth-order valence-electron chi connectivity index (χ4n) is 4.89. The number of pyridine rings is 1. The number of anilines is 1. The molecule has 1 aliphatic carbocycles. The van der Waals surface area contributed by atoms with Crippen LogP contribution in [0.1, 0.15) is 36.0 Å². The Labute approximate surface area is 236 Å². The Kier molecular flexibility index (Phi) is 8.17. The van der Waals surface area contributed by atoms with Crippen molar-refractivity contribution in [2.75, 3.05) is 19.0 Å². The number of hydrogen-bond acceptors (Lipinski definition) is 9. The van der Waals surface area contributed by atoms with Crippen molar-refractivity contribution in [3.05, 3.63) is 82.7 Å². The molecule has 1 amide bonds. The van der Waals surface area contributed by atoms with Gasteiger partial charge >= 0.3 is 0 Å². The number of methoxy groups -OCH3 is 1. The van der Waals surface area contributed by atoms with Gasteiger partial charge in [-0.2, -0.15) is 0 Å². The number of nitrogens with one attached hydrogen (secondary N) is 3. The molecule has 41 heavy (non-hydrogen) atoms. The molecule has 3 N–H and O–H groups in total. The van der Waals surface area contributed by atoms with Crippen molar-refractivity contribution in [1.82, 2.24) is 14.7 Å². The second-order valence-corrected chi connectivity index (χ2v) is 11.5. The van der Waals surface area contributed by atoms with Gasteiger partial charge in [-0.3, -0.25) is 14.9 Å². The Hall–Kier alpha value is -4.49. The fraction of sp³-hybridized carbons (Fsp3) is 0.286. The average molecular weight is 580 g/mol. The Morgan fingerprint density at radius 3 is 2.66 bits per heavy atom. The molecule has 1 aliphatic rings. The molecule has 214 valence electrons. The van der Waals surface area contributed by atoms with Crippen LogP contribution in [0.15, 0.2) is 71.9 Å². The number of carbonyl (C=O) groups excluding carboxylic acids is 1. The van der Waals surface area contributed by atoms with Crippen LogP contribution in [0.5, 0.6) is 11.5 Å². The number of carbonyl (C=O) groups is 1. The number of para-hydroxylation sites is 1. The highest BCUT2D eigenvalue weighted by atomic mass is 32.2. The summed E-state index contributed by atoms with van der Waals surface area (Å²) in [5.41, 5.74) is 0.434. The molecule has 2 aromatic heterocycles. The van der Waals surface area contributed by atoms with E-state index in [2.05, 4.69) is 15.3 Å². The van der Waals surface area contributed by atoms with E-state index in [1.54, 1.807) is 31.5 Å². The van der Waals surface area contributed by atoms with Gasteiger partial charge in [0.1, 0.15) is 22.8 Å². The molecular weight excluding hydrogens is 550 g/mol. The van der Waals surface area contributed by atoms with Crippen molar-refractivity contribution in [1.29, 1.82) is 0 Å². The number of fused-ring (bicyclic) bond motifs is 1. The van der Waals surface area contributed by atoms with E-state index in [0.29, 0.717) is 23.9 Å². The summed E-state index contributed by atoms with van der Waals surface area (Å²) in [6.07, 6.45) is 7.16. The molecule has 0 unspecified atom stereocenters. The van der Waals surface area contributed by atoms with Crippen LogP contribution in [0, 0.1) is 16.0 Å². The van der Waals surface area contributed by atoms with Gasteiger partial charge in [0.05, 0.1) is 27.7 Å². The first kappa shape index (κ1) is 28.1. The first-order chi connectivity index (χ1) is 19.7. The fourth-order valence-corrected chi connectivity index (χ4v) is 5.87. The smallest absolute Gasteiger partial charge is 0.293 e. The van der Waals surface area contributed by atoms with Gasteiger partial charge in [-0.15, -0.1) is 0 Å². The van der Waals surface area contributed by atoms with Crippen molar-refractivity contribution in [3.8, 4) is 11.5 Å². The first-order valence-electron chi connectivity index (χ1n) is 13.1. The average Bonchev–Trinajstić information content (AvgIpc) is 3.44. The molecule has 2 aromatic carbocycles. The number of benzene rings is 2. The van der Waals surface area contributed by atoms with Crippen LogP contribution in [0.3, 0.4) is 0 Å².